The highest BCUT2D eigenvalue weighted by molar-refractivity contribution is 7.99. The van der Waals surface area contributed by atoms with Gasteiger partial charge in [-0.3, -0.25) is 4.79 Å². The van der Waals surface area contributed by atoms with Crippen molar-refractivity contribution >= 4 is 50.2 Å². The molecule has 0 aliphatic heterocycles. The van der Waals surface area contributed by atoms with Gasteiger partial charge in [-0.25, -0.2) is 4.98 Å². The number of nitrogens with zero attached hydrogens (tertiary/aromatic N) is 2. The first-order valence-corrected chi connectivity index (χ1v) is 11.1. The van der Waals surface area contributed by atoms with Crippen LogP contribution in [0.5, 0.6) is 0 Å². The van der Waals surface area contributed by atoms with Gasteiger partial charge in [-0.2, -0.15) is 0 Å². The molecule has 0 spiro atoms. The van der Waals surface area contributed by atoms with Gasteiger partial charge in [0.1, 0.15) is 0 Å². The Morgan fingerprint density at radius 1 is 1.25 bits per heavy atom. The van der Waals surface area contributed by atoms with E-state index in [1.807, 2.05) is 18.2 Å². The molecule has 0 amide bonds. The fraction of sp³-hybridized carbons (Fsp3) is 0.273. The summed E-state index contributed by atoms with van der Waals surface area (Å²) in [5.74, 6) is -0.749. The largest absolute Gasteiger partial charge is 0.481 e. The van der Waals surface area contributed by atoms with E-state index < -0.39 is 5.97 Å². The van der Waals surface area contributed by atoms with Crippen LogP contribution in [-0.2, 0) is 11.3 Å². The normalized spacial score (nSPS) is 12.6. The predicted octanol–water partition coefficient (Wildman–Crippen LogP) is 5.95. The molecule has 4 aromatic rings. The van der Waals surface area contributed by atoms with E-state index in [4.69, 9.17) is 10.1 Å². The van der Waals surface area contributed by atoms with Crippen molar-refractivity contribution in [2.45, 2.75) is 43.6 Å². The van der Waals surface area contributed by atoms with E-state index in [9.17, 15) is 4.79 Å². The number of carboxylic acids is 1. The molecule has 2 heterocycles. The molecule has 0 saturated heterocycles. The number of fused-ring (bicyclic) bond motifs is 2. The van der Waals surface area contributed by atoms with Crippen molar-refractivity contribution < 1.29 is 9.90 Å². The molecule has 0 bridgehead atoms. The highest BCUT2D eigenvalue weighted by Crippen LogP contribution is 2.33. The van der Waals surface area contributed by atoms with E-state index in [-0.39, 0.29) is 11.7 Å². The Morgan fingerprint density at radius 3 is 2.89 bits per heavy atom. The summed E-state index contributed by atoms with van der Waals surface area (Å²) in [6.45, 7) is 5.00. The molecule has 2 aromatic heterocycles. The lowest BCUT2D eigenvalue weighted by molar-refractivity contribution is -0.137. The van der Waals surface area contributed by atoms with Crippen molar-refractivity contribution in [2.24, 2.45) is 0 Å². The van der Waals surface area contributed by atoms with E-state index in [0.29, 0.717) is 6.42 Å². The minimum Gasteiger partial charge on any atom is -0.481 e. The Kier molecular flexibility index (Phi) is 5.42. The minimum atomic E-state index is -0.749. The number of thiophene rings is 1. The number of hydrogen-bond acceptors (Lipinski definition) is 4. The number of carboxylic acid groups (broad SMARTS) is 1. The van der Waals surface area contributed by atoms with Crippen molar-refractivity contribution in [1.82, 2.24) is 9.55 Å². The number of imidazole rings is 1. The van der Waals surface area contributed by atoms with Gasteiger partial charge in [0.15, 0.2) is 5.16 Å². The second-order valence-corrected chi connectivity index (χ2v) is 9.36. The number of benzene rings is 2. The minimum absolute atomic E-state index is 0.183. The molecule has 0 saturated carbocycles. The second kappa shape index (κ2) is 7.97. The lowest BCUT2D eigenvalue weighted by Crippen LogP contribution is -2.06. The number of para-hydroxylation sites is 2. The van der Waals surface area contributed by atoms with Crippen LogP contribution in [0.2, 0.25) is 0 Å². The monoisotopic (exact) mass is 410 g/mol. The summed E-state index contributed by atoms with van der Waals surface area (Å²) in [5.41, 5.74) is 4.69. The average Bonchev–Trinajstić information content (AvgIpc) is 3.23. The SMILES string of the molecule is Cc1cccc2scc(Cn3c(SC(C)CCC(=O)O)nc4ccccc43)c12. The summed E-state index contributed by atoms with van der Waals surface area (Å²) in [6, 6.07) is 14.6. The standard InChI is InChI=1S/C22H22N2O2S2/c1-14-6-5-9-19-21(14)16(13-27-19)12-24-18-8-4-3-7-17(18)23-22(24)28-15(2)10-11-20(25)26/h3-9,13,15H,10-12H2,1-2H3,(H,25,26). The molecule has 144 valence electrons. The quantitative estimate of drug-likeness (QED) is 0.382. The highest BCUT2D eigenvalue weighted by atomic mass is 32.2. The Morgan fingerprint density at radius 2 is 2.07 bits per heavy atom. The average molecular weight is 411 g/mol. The van der Waals surface area contributed by atoms with Crippen LogP contribution in [0.3, 0.4) is 0 Å². The maximum Gasteiger partial charge on any atom is 0.303 e. The molecule has 0 aliphatic carbocycles. The van der Waals surface area contributed by atoms with Crippen LogP contribution < -0.4 is 0 Å². The third-order valence-electron chi connectivity index (χ3n) is 4.90. The number of aliphatic carboxylic acids is 1. The van der Waals surface area contributed by atoms with Crippen LogP contribution in [0, 0.1) is 6.92 Å². The first-order valence-electron chi connectivity index (χ1n) is 9.32. The molecule has 0 radical (unpaired) electrons. The summed E-state index contributed by atoms with van der Waals surface area (Å²) in [7, 11) is 0. The maximum atomic E-state index is 10.9. The van der Waals surface area contributed by atoms with Crippen LogP contribution in [0.1, 0.15) is 30.9 Å². The van der Waals surface area contributed by atoms with E-state index >= 15 is 0 Å². The van der Waals surface area contributed by atoms with Gasteiger partial charge in [0.05, 0.1) is 17.6 Å². The molecule has 1 unspecified atom stereocenters. The van der Waals surface area contributed by atoms with Crippen LogP contribution in [-0.4, -0.2) is 25.9 Å². The number of aryl methyl sites for hydroxylation is 1. The smallest absolute Gasteiger partial charge is 0.303 e. The van der Waals surface area contributed by atoms with Gasteiger partial charge in [-0.15, -0.1) is 11.3 Å². The van der Waals surface area contributed by atoms with Gasteiger partial charge in [0.2, 0.25) is 0 Å². The number of rotatable bonds is 7. The molecular weight excluding hydrogens is 388 g/mol. The lowest BCUT2D eigenvalue weighted by Gasteiger charge is -2.13. The highest BCUT2D eigenvalue weighted by Gasteiger charge is 2.17. The summed E-state index contributed by atoms with van der Waals surface area (Å²) >= 11 is 3.44. The summed E-state index contributed by atoms with van der Waals surface area (Å²) in [6.07, 6.45) is 0.812. The Labute approximate surface area is 172 Å². The van der Waals surface area contributed by atoms with Crippen LogP contribution >= 0.6 is 23.1 Å². The summed E-state index contributed by atoms with van der Waals surface area (Å²) < 4.78 is 3.58. The van der Waals surface area contributed by atoms with Crippen molar-refractivity contribution in [3.05, 3.63) is 59.0 Å². The van der Waals surface area contributed by atoms with E-state index in [1.165, 1.54) is 21.2 Å². The van der Waals surface area contributed by atoms with Gasteiger partial charge >= 0.3 is 5.97 Å². The fourth-order valence-electron chi connectivity index (χ4n) is 3.49. The van der Waals surface area contributed by atoms with Gasteiger partial charge in [0.25, 0.3) is 0 Å². The summed E-state index contributed by atoms with van der Waals surface area (Å²) in [5, 5.41) is 13.7. The van der Waals surface area contributed by atoms with Crippen molar-refractivity contribution in [3.8, 4) is 0 Å². The van der Waals surface area contributed by atoms with Crippen molar-refractivity contribution in [2.75, 3.05) is 0 Å². The second-order valence-electron chi connectivity index (χ2n) is 7.04. The number of hydrogen-bond donors (Lipinski definition) is 1. The molecule has 0 fully saturated rings. The zero-order chi connectivity index (χ0) is 19.7. The molecule has 0 aliphatic rings. The Balaban J connectivity index is 1.71. The zero-order valence-corrected chi connectivity index (χ0v) is 17.5. The van der Waals surface area contributed by atoms with Crippen molar-refractivity contribution in [3.63, 3.8) is 0 Å². The van der Waals surface area contributed by atoms with Gasteiger partial charge in [-0.05, 0) is 48.1 Å². The molecule has 4 nitrogen and oxygen atoms in total. The molecule has 2 aromatic carbocycles. The number of thioether (sulfide) groups is 1. The molecule has 4 rings (SSSR count). The van der Waals surface area contributed by atoms with Gasteiger partial charge in [-0.1, -0.05) is 43.0 Å². The van der Waals surface area contributed by atoms with E-state index in [0.717, 1.165) is 22.7 Å². The molecule has 28 heavy (non-hydrogen) atoms. The third kappa shape index (κ3) is 3.80. The molecular formula is C22H22N2O2S2. The van der Waals surface area contributed by atoms with Gasteiger partial charge in [0, 0.05) is 21.8 Å². The lowest BCUT2D eigenvalue weighted by atomic mass is 10.1. The topological polar surface area (TPSA) is 55.1 Å². The van der Waals surface area contributed by atoms with Gasteiger partial charge < -0.3 is 9.67 Å². The van der Waals surface area contributed by atoms with Crippen molar-refractivity contribution in [1.29, 1.82) is 0 Å². The third-order valence-corrected chi connectivity index (χ3v) is 7.06. The fourth-order valence-corrected chi connectivity index (χ4v) is 5.56. The Bertz CT molecular complexity index is 1150. The first kappa shape index (κ1) is 19.0. The molecule has 6 heteroatoms. The van der Waals surface area contributed by atoms with E-state index in [1.54, 1.807) is 23.1 Å². The van der Waals surface area contributed by atoms with Crippen LogP contribution in [0.25, 0.3) is 21.1 Å². The molecule has 1 atom stereocenters. The Hall–Kier alpha value is -2.31. The number of aromatic nitrogens is 2. The van der Waals surface area contributed by atoms with E-state index in [2.05, 4.69) is 48.1 Å². The van der Waals surface area contributed by atoms with Crippen LogP contribution in [0.4, 0.5) is 0 Å². The summed E-state index contributed by atoms with van der Waals surface area (Å²) in [4.78, 5) is 15.7. The predicted molar refractivity (Wildman–Crippen MR) is 118 cm³/mol. The van der Waals surface area contributed by atoms with Crippen LogP contribution in [0.15, 0.2) is 53.0 Å². The molecule has 1 N–H and O–H groups in total. The maximum absolute atomic E-state index is 10.9. The number of carbonyl (C=O) groups is 1. The zero-order valence-electron chi connectivity index (χ0n) is 15.9. The first-order chi connectivity index (χ1) is 13.5.